The standard InChI is InChI=1S/C23H20F3N7O/c1-13-3-4-18(33-30-5-6-31-33)17(7-13)22(34)32-16-8-15(9-16)14(2)19(32)10-28-21-12-27-20(11-29-21)23(24,25)26/h3-7,10-12,15-16H,2,8-9H2,1H3,(H,28,29)/b19-10+. The van der Waals surface area contributed by atoms with Crippen molar-refractivity contribution in [3.63, 3.8) is 0 Å². The Hall–Kier alpha value is -4.02. The second-order valence-corrected chi connectivity index (χ2v) is 8.32. The number of halogens is 3. The van der Waals surface area contributed by atoms with Gasteiger partial charge in [-0.2, -0.15) is 28.2 Å². The lowest BCUT2D eigenvalue weighted by Crippen LogP contribution is -2.53. The summed E-state index contributed by atoms with van der Waals surface area (Å²) in [7, 11) is 0. The molecule has 2 saturated heterocycles. The van der Waals surface area contributed by atoms with Gasteiger partial charge in [-0.25, -0.2) is 9.97 Å². The molecule has 3 aromatic rings. The van der Waals surface area contributed by atoms with E-state index < -0.39 is 11.9 Å². The molecule has 6 rings (SSSR count). The summed E-state index contributed by atoms with van der Waals surface area (Å²) in [6.07, 6.45) is 3.33. The number of amides is 1. The third-order valence-corrected chi connectivity index (χ3v) is 6.09. The number of rotatable bonds is 4. The van der Waals surface area contributed by atoms with Crippen LogP contribution in [-0.4, -0.2) is 41.8 Å². The summed E-state index contributed by atoms with van der Waals surface area (Å²) >= 11 is 0. The molecule has 3 aliphatic rings. The van der Waals surface area contributed by atoms with Crippen LogP contribution in [0.3, 0.4) is 0 Å². The van der Waals surface area contributed by atoms with Crippen LogP contribution < -0.4 is 5.32 Å². The second kappa shape index (κ2) is 8.08. The number of benzene rings is 1. The fourth-order valence-electron chi connectivity index (χ4n) is 4.24. The molecule has 11 heteroatoms. The number of nitrogens with zero attached hydrogens (tertiary/aromatic N) is 6. The van der Waals surface area contributed by atoms with E-state index in [1.807, 2.05) is 13.0 Å². The van der Waals surface area contributed by atoms with E-state index in [-0.39, 0.29) is 23.7 Å². The zero-order chi connectivity index (χ0) is 24.0. The van der Waals surface area contributed by atoms with Gasteiger partial charge in [-0.1, -0.05) is 18.2 Å². The minimum Gasteiger partial charge on any atom is -0.343 e. The average molecular weight is 467 g/mol. The molecule has 2 bridgehead atoms. The number of aryl methyl sites for hydroxylation is 1. The van der Waals surface area contributed by atoms with E-state index in [0.29, 0.717) is 23.1 Å². The molecule has 0 unspecified atom stereocenters. The molecular weight excluding hydrogens is 447 g/mol. The highest BCUT2D eigenvalue weighted by atomic mass is 19.4. The summed E-state index contributed by atoms with van der Waals surface area (Å²) in [6.45, 7) is 6.07. The van der Waals surface area contributed by atoms with Crippen molar-refractivity contribution in [3.05, 3.63) is 83.9 Å². The number of alkyl halides is 3. The molecule has 3 fully saturated rings. The van der Waals surface area contributed by atoms with E-state index in [0.717, 1.165) is 30.2 Å². The Morgan fingerprint density at radius 2 is 1.91 bits per heavy atom. The molecule has 4 heterocycles. The summed E-state index contributed by atoms with van der Waals surface area (Å²) in [4.78, 5) is 24.1. The molecule has 174 valence electrons. The van der Waals surface area contributed by atoms with Crippen LogP contribution in [-0.2, 0) is 6.18 Å². The Balaban J connectivity index is 1.48. The van der Waals surface area contributed by atoms with Gasteiger partial charge < -0.3 is 10.2 Å². The van der Waals surface area contributed by atoms with Crippen LogP contribution in [0, 0.1) is 12.8 Å². The van der Waals surface area contributed by atoms with Crippen LogP contribution in [0.2, 0.25) is 0 Å². The molecule has 1 N–H and O–H groups in total. The number of carbonyl (C=O) groups excluding carboxylic acids is 1. The van der Waals surface area contributed by atoms with Gasteiger partial charge in [-0.3, -0.25) is 4.79 Å². The largest absolute Gasteiger partial charge is 0.434 e. The molecule has 2 aliphatic heterocycles. The Labute approximate surface area is 192 Å². The van der Waals surface area contributed by atoms with Gasteiger partial charge in [0.25, 0.3) is 5.91 Å². The van der Waals surface area contributed by atoms with Crippen LogP contribution in [0.5, 0.6) is 0 Å². The molecule has 1 saturated carbocycles. The molecule has 34 heavy (non-hydrogen) atoms. The third kappa shape index (κ3) is 3.82. The van der Waals surface area contributed by atoms with Crippen molar-refractivity contribution in [2.75, 3.05) is 5.32 Å². The molecule has 1 aromatic carbocycles. The highest BCUT2D eigenvalue weighted by molar-refractivity contribution is 6.00. The summed E-state index contributed by atoms with van der Waals surface area (Å²) in [5.41, 5.74) is 2.17. The molecule has 1 amide bonds. The van der Waals surface area contributed by atoms with E-state index in [4.69, 9.17) is 0 Å². The second-order valence-electron chi connectivity index (χ2n) is 8.32. The Bertz CT molecular complexity index is 1280. The highest BCUT2D eigenvalue weighted by Gasteiger charge is 2.46. The molecule has 0 spiro atoms. The van der Waals surface area contributed by atoms with Crippen molar-refractivity contribution in [1.29, 1.82) is 0 Å². The van der Waals surface area contributed by atoms with Crippen molar-refractivity contribution in [3.8, 4) is 5.69 Å². The van der Waals surface area contributed by atoms with Gasteiger partial charge in [0.15, 0.2) is 5.69 Å². The first-order valence-electron chi connectivity index (χ1n) is 10.6. The number of fused-ring (bicyclic) bond motifs is 2. The van der Waals surface area contributed by atoms with Crippen molar-refractivity contribution in [2.45, 2.75) is 32.0 Å². The quantitative estimate of drug-likeness (QED) is 0.621. The van der Waals surface area contributed by atoms with Gasteiger partial charge in [0.2, 0.25) is 0 Å². The maximum Gasteiger partial charge on any atom is 0.434 e. The minimum atomic E-state index is -4.57. The van der Waals surface area contributed by atoms with Gasteiger partial charge in [-0.05, 0) is 43.4 Å². The van der Waals surface area contributed by atoms with E-state index in [1.54, 1.807) is 23.2 Å². The molecule has 1 aliphatic carbocycles. The highest BCUT2D eigenvalue weighted by Crippen LogP contribution is 2.48. The van der Waals surface area contributed by atoms with Gasteiger partial charge in [-0.15, -0.1) is 0 Å². The smallest absolute Gasteiger partial charge is 0.343 e. The maximum absolute atomic E-state index is 13.8. The zero-order valence-corrected chi connectivity index (χ0v) is 18.1. The lowest BCUT2D eigenvalue weighted by atomic mass is 9.69. The summed E-state index contributed by atoms with van der Waals surface area (Å²) in [5, 5.41) is 11.2. The summed E-state index contributed by atoms with van der Waals surface area (Å²) in [6, 6.07) is 5.46. The number of nitrogens with one attached hydrogen (secondary N) is 1. The molecule has 2 aromatic heterocycles. The lowest BCUT2D eigenvalue weighted by Gasteiger charge is -2.51. The van der Waals surface area contributed by atoms with Gasteiger partial charge in [0.1, 0.15) is 5.82 Å². The number of hydrogen-bond donors (Lipinski definition) is 1. The fraction of sp³-hybridized carbons (Fsp3) is 0.261. The van der Waals surface area contributed by atoms with Gasteiger partial charge in [0.05, 0.1) is 41.7 Å². The van der Waals surface area contributed by atoms with Crippen molar-refractivity contribution >= 4 is 11.7 Å². The zero-order valence-electron chi connectivity index (χ0n) is 18.1. The number of carbonyl (C=O) groups is 1. The summed E-state index contributed by atoms with van der Waals surface area (Å²) in [5.74, 6) is 0.148. The third-order valence-electron chi connectivity index (χ3n) is 6.09. The molecular formula is C23H20F3N7O. The Kier molecular flexibility index (Phi) is 5.18. The van der Waals surface area contributed by atoms with Gasteiger partial charge in [0, 0.05) is 12.2 Å². The van der Waals surface area contributed by atoms with Crippen molar-refractivity contribution in [2.24, 2.45) is 5.92 Å². The van der Waals surface area contributed by atoms with Crippen LogP contribution in [0.1, 0.15) is 34.5 Å². The van der Waals surface area contributed by atoms with E-state index in [1.165, 1.54) is 17.2 Å². The van der Waals surface area contributed by atoms with Gasteiger partial charge >= 0.3 is 6.18 Å². The maximum atomic E-state index is 13.8. The SMILES string of the molecule is C=C1/C(=C\Nc2cnc(C(F)(F)F)cn2)N(C(=O)c2cc(C)ccc2-n2nccn2)C2CC1C2. The Morgan fingerprint density at radius 1 is 1.18 bits per heavy atom. The Morgan fingerprint density at radius 3 is 2.56 bits per heavy atom. The predicted octanol–water partition coefficient (Wildman–Crippen LogP) is 4.13. The van der Waals surface area contributed by atoms with Crippen LogP contribution in [0.15, 0.2) is 67.0 Å². The first-order valence-corrected chi connectivity index (χ1v) is 10.6. The average Bonchev–Trinajstić information content (AvgIpc) is 3.31. The minimum absolute atomic E-state index is 0.00585. The topological polar surface area (TPSA) is 88.8 Å². The van der Waals surface area contributed by atoms with Crippen LogP contribution >= 0.6 is 0 Å². The fourth-order valence-corrected chi connectivity index (χ4v) is 4.24. The van der Waals surface area contributed by atoms with Crippen LogP contribution in [0.4, 0.5) is 19.0 Å². The number of piperidine rings is 2. The number of aromatic nitrogens is 5. The lowest BCUT2D eigenvalue weighted by molar-refractivity contribution is -0.141. The molecule has 8 nitrogen and oxygen atoms in total. The van der Waals surface area contributed by atoms with E-state index in [2.05, 4.69) is 32.1 Å². The molecule has 0 atom stereocenters. The normalized spacial score (nSPS) is 20.9. The van der Waals surface area contributed by atoms with E-state index >= 15 is 0 Å². The monoisotopic (exact) mass is 467 g/mol. The first-order chi connectivity index (χ1) is 16.2. The summed E-state index contributed by atoms with van der Waals surface area (Å²) < 4.78 is 38.3. The first kappa shape index (κ1) is 21.8. The number of hydrogen-bond acceptors (Lipinski definition) is 6. The predicted molar refractivity (Wildman–Crippen MR) is 117 cm³/mol. The van der Waals surface area contributed by atoms with Crippen molar-refractivity contribution < 1.29 is 18.0 Å². The number of allylic oxidation sites excluding steroid dienone is 1. The van der Waals surface area contributed by atoms with Crippen LogP contribution in [0.25, 0.3) is 5.69 Å². The number of anilines is 1. The molecule has 0 radical (unpaired) electrons. The van der Waals surface area contributed by atoms with E-state index in [9.17, 15) is 18.0 Å². The van der Waals surface area contributed by atoms with Crippen molar-refractivity contribution in [1.82, 2.24) is 29.9 Å².